The smallest absolute Gasteiger partial charge is 0.408 e. The van der Waals surface area contributed by atoms with E-state index in [1.54, 1.807) is 34.6 Å². The second-order valence-electron chi connectivity index (χ2n) is 8.75. The van der Waals surface area contributed by atoms with Gasteiger partial charge in [-0.3, -0.25) is 4.79 Å². The van der Waals surface area contributed by atoms with Gasteiger partial charge in [-0.15, -0.1) is 0 Å². The number of nitrogens with one attached hydrogen (secondary N) is 2. The second-order valence-corrected chi connectivity index (χ2v) is 8.75. The number of aromatic nitrogens is 1. The van der Waals surface area contributed by atoms with Crippen molar-refractivity contribution >= 4 is 28.9 Å². The molecule has 0 aliphatic carbocycles. The minimum atomic E-state index is -1.14. The molecule has 0 spiro atoms. The average Bonchev–Trinajstić information content (AvgIpc) is 2.93. The number of rotatable bonds is 7. The number of carboxylic acids is 1. The van der Waals surface area contributed by atoms with Crippen LogP contribution in [0.15, 0.2) is 30.5 Å². The summed E-state index contributed by atoms with van der Waals surface area (Å²) in [5.74, 6) is -1.97. The van der Waals surface area contributed by atoms with E-state index in [2.05, 4.69) is 10.6 Å². The molecule has 0 aliphatic rings. The van der Waals surface area contributed by atoms with Gasteiger partial charge in [0, 0.05) is 30.6 Å². The Morgan fingerprint density at radius 2 is 1.77 bits per heavy atom. The molecule has 2 rings (SSSR count). The molecule has 2 atom stereocenters. The first-order valence-corrected chi connectivity index (χ1v) is 9.94. The van der Waals surface area contributed by atoms with Crippen molar-refractivity contribution in [2.24, 2.45) is 13.0 Å². The average molecular weight is 418 g/mol. The van der Waals surface area contributed by atoms with Gasteiger partial charge in [0.15, 0.2) is 0 Å². The zero-order valence-electron chi connectivity index (χ0n) is 18.4. The van der Waals surface area contributed by atoms with Gasteiger partial charge >= 0.3 is 12.1 Å². The van der Waals surface area contributed by atoms with E-state index in [4.69, 9.17) is 4.74 Å². The summed E-state index contributed by atoms with van der Waals surface area (Å²) in [5, 5.41) is 15.7. The highest BCUT2D eigenvalue weighted by molar-refractivity contribution is 5.90. The molecule has 1 heterocycles. The number of hydrogen-bond acceptors (Lipinski definition) is 4. The van der Waals surface area contributed by atoms with Crippen molar-refractivity contribution in [1.82, 2.24) is 15.2 Å². The third kappa shape index (κ3) is 5.98. The molecule has 2 aromatic rings. The van der Waals surface area contributed by atoms with Crippen LogP contribution in [0.2, 0.25) is 0 Å². The summed E-state index contributed by atoms with van der Waals surface area (Å²) in [6.07, 6.45) is 1.27. The zero-order chi connectivity index (χ0) is 22.6. The van der Waals surface area contributed by atoms with Gasteiger partial charge in [0.1, 0.15) is 17.7 Å². The molecular weight excluding hydrogens is 386 g/mol. The molecule has 8 nitrogen and oxygen atoms in total. The number of carbonyl (C=O) groups excluding carboxylic acids is 2. The summed E-state index contributed by atoms with van der Waals surface area (Å²) in [4.78, 5) is 36.8. The monoisotopic (exact) mass is 417 g/mol. The number of para-hydroxylation sites is 1. The summed E-state index contributed by atoms with van der Waals surface area (Å²) in [7, 11) is 1.89. The van der Waals surface area contributed by atoms with Crippen LogP contribution in [0.1, 0.15) is 40.2 Å². The highest BCUT2D eigenvalue weighted by Gasteiger charge is 2.30. The molecule has 3 N–H and O–H groups in total. The fraction of sp³-hybridized carbons (Fsp3) is 0.500. The van der Waals surface area contributed by atoms with Crippen LogP contribution in [0.5, 0.6) is 0 Å². The van der Waals surface area contributed by atoms with Crippen molar-refractivity contribution in [3.05, 3.63) is 36.0 Å². The molecule has 1 aromatic carbocycles. The van der Waals surface area contributed by atoms with Crippen LogP contribution < -0.4 is 10.6 Å². The first kappa shape index (κ1) is 23.3. The highest BCUT2D eigenvalue weighted by atomic mass is 16.6. The Morgan fingerprint density at radius 3 is 2.33 bits per heavy atom. The molecule has 0 saturated carbocycles. The van der Waals surface area contributed by atoms with Gasteiger partial charge < -0.3 is 25.0 Å². The van der Waals surface area contributed by atoms with Crippen molar-refractivity contribution in [2.75, 3.05) is 0 Å². The van der Waals surface area contributed by atoms with Gasteiger partial charge in [-0.25, -0.2) is 9.59 Å². The van der Waals surface area contributed by atoms with Crippen LogP contribution in [-0.2, 0) is 27.8 Å². The van der Waals surface area contributed by atoms with E-state index in [-0.39, 0.29) is 12.3 Å². The number of benzene rings is 1. The quantitative estimate of drug-likeness (QED) is 0.642. The third-order valence-corrected chi connectivity index (χ3v) is 4.64. The lowest BCUT2D eigenvalue weighted by atomic mass is 10.0. The number of carbonyl (C=O) groups is 3. The van der Waals surface area contributed by atoms with Gasteiger partial charge in [0.05, 0.1) is 0 Å². The minimum Gasteiger partial charge on any atom is -0.480 e. The standard InChI is InChI=1S/C22H31N3O5/c1-13(2)18(24-21(29)30-22(3,4)5)19(26)23-16(20(27)28)11-14-12-25(6)17-10-8-7-9-15(14)17/h7-10,12-13,16,18H,11H2,1-6H3,(H,23,26)(H,24,29)(H,27,28)/t16-,18+/m1/s1. The summed E-state index contributed by atoms with van der Waals surface area (Å²) in [6, 6.07) is 5.62. The number of nitrogens with zero attached hydrogens (tertiary/aromatic N) is 1. The van der Waals surface area contributed by atoms with Crippen LogP contribution in [0, 0.1) is 5.92 Å². The minimum absolute atomic E-state index is 0.125. The molecule has 164 valence electrons. The summed E-state index contributed by atoms with van der Waals surface area (Å²) >= 11 is 0. The molecule has 0 saturated heterocycles. The Morgan fingerprint density at radius 1 is 1.13 bits per heavy atom. The largest absolute Gasteiger partial charge is 0.480 e. The topological polar surface area (TPSA) is 110 Å². The van der Waals surface area contributed by atoms with Crippen LogP contribution >= 0.6 is 0 Å². The number of ether oxygens (including phenoxy) is 1. The van der Waals surface area contributed by atoms with Gasteiger partial charge in [0.2, 0.25) is 5.91 Å². The van der Waals surface area contributed by atoms with Gasteiger partial charge in [-0.2, -0.15) is 0 Å². The zero-order valence-corrected chi connectivity index (χ0v) is 18.4. The number of fused-ring (bicyclic) bond motifs is 1. The maximum absolute atomic E-state index is 12.8. The van der Waals surface area contributed by atoms with E-state index in [1.807, 2.05) is 42.1 Å². The molecule has 0 bridgehead atoms. The first-order chi connectivity index (χ1) is 13.9. The van der Waals surface area contributed by atoms with Gasteiger partial charge in [-0.1, -0.05) is 32.0 Å². The first-order valence-electron chi connectivity index (χ1n) is 9.94. The molecule has 0 fully saturated rings. The van der Waals surface area contributed by atoms with Crippen molar-refractivity contribution in [3.63, 3.8) is 0 Å². The maximum Gasteiger partial charge on any atom is 0.408 e. The van der Waals surface area contributed by atoms with Crippen LogP contribution in [0.3, 0.4) is 0 Å². The molecule has 30 heavy (non-hydrogen) atoms. The van der Waals surface area contributed by atoms with Gasteiger partial charge in [-0.05, 0) is 38.3 Å². The second kappa shape index (κ2) is 9.19. The number of alkyl carbamates (subject to hydrolysis) is 1. The van der Waals surface area contributed by atoms with Crippen LogP contribution in [-0.4, -0.2) is 45.3 Å². The fourth-order valence-electron chi connectivity index (χ4n) is 3.24. The Labute approximate surface area is 176 Å². The number of amides is 2. The Kier molecular flexibility index (Phi) is 7.12. The molecular formula is C22H31N3O5. The molecule has 2 amide bonds. The van der Waals surface area contributed by atoms with Gasteiger partial charge in [0.25, 0.3) is 0 Å². The predicted molar refractivity (Wildman–Crippen MR) is 114 cm³/mol. The van der Waals surface area contributed by atoms with E-state index in [9.17, 15) is 19.5 Å². The predicted octanol–water partition coefficient (Wildman–Crippen LogP) is 2.84. The number of aliphatic carboxylic acids is 1. The third-order valence-electron chi connectivity index (χ3n) is 4.64. The van der Waals surface area contributed by atoms with E-state index in [1.165, 1.54) is 0 Å². The summed E-state index contributed by atoms with van der Waals surface area (Å²) < 4.78 is 7.14. The van der Waals surface area contributed by atoms with Crippen molar-refractivity contribution in [1.29, 1.82) is 0 Å². The number of hydrogen-bond donors (Lipinski definition) is 3. The highest BCUT2D eigenvalue weighted by Crippen LogP contribution is 2.21. The van der Waals surface area contributed by atoms with E-state index >= 15 is 0 Å². The Bertz CT molecular complexity index is 926. The summed E-state index contributed by atoms with van der Waals surface area (Å²) in [5.41, 5.74) is 1.09. The lowest BCUT2D eigenvalue weighted by Gasteiger charge is -2.26. The van der Waals surface area contributed by atoms with E-state index < -0.39 is 35.7 Å². The molecule has 1 aromatic heterocycles. The van der Waals surface area contributed by atoms with Crippen molar-refractivity contribution in [3.8, 4) is 0 Å². The number of carboxylic acid groups (broad SMARTS) is 1. The number of aryl methyl sites for hydroxylation is 1. The van der Waals surface area contributed by atoms with Crippen molar-refractivity contribution < 1.29 is 24.2 Å². The Balaban J connectivity index is 2.16. The van der Waals surface area contributed by atoms with Crippen LogP contribution in [0.4, 0.5) is 4.79 Å². The lowest BCUT2D eigenvalue weighted by Crippen LogP contribution is -2.54. The molecule has 8 heteroatoms. The molecule has 0 aliphatic heterocycles. The molecule has 0 radical (unpaired) electrons. The lowest BCUT2D eigenvalue weighted by molar-refractivity contribution is -0.142. The Hall–Kier alpha value is -3.03. The molecule has 0 unspecified atom stereocenters. The maximum atomic E-state index is 12.8. The van der Waals surface area contributed by atoms with Crippen molar-refractivity contribution in [2.45, 2.75) is 58.7 Å². The van der Waals surface area contributed by atoms with E-state index in [0.29, 0.717) is 0 Å². The SMILES string of the molecule is CC(C)[C@H](NC(=O)OC(C)(C)C)C(=O)N[C@H](Cc1cn(C)c2ccccc12)C(=O)O. The fourth-order valence-corrected chi connectivity index (χ4v) is 3.24. The van der Waals surface area contributed by atoms with Crippen LogP contribution in [0.25, 0.3) is 10.9 Å². The summed E-state index contributed by atoms with van der Waals surface area (Å²) in [6.45, 7) is 8.70. The normalized spacial score (nSPS) is 13.7. The van der Waals surface area contributed by atoms with E-state index in [0.717, 1.165) is 16.5 Å².